The summed E-state index contributed by atoms with van der Waals surface area (Å²) >= 11 is 1.31. The Morgan fingerprint density at radius 1 is 0.733 bits per heavy atom. The molecule has 0 spiro atoms. The molecule has 0 amide bonds. The van der Waals surface area contributed by atoms with Gasteiger partial charge in [-0.1, -0.05) is 0 Å². The maximum absolute atomic E-state index is 2.23. The summed E-state index contributed by atoms with van der Waals surface area (Å²) in [6.07, 6.45) is 0. The third-order valence-electron chi connectivity index (χ3n) is 2.64. The van der Waals surface area contributed by atoms with Crippen LogP contribution in [0.15, 0.2) is 60.7 Å². The van der Waals surface area contributed by atoms with Crippen LogP contribution in [-0.4, -0.2) is 23.0 Å². The molecule has 0 aliphatic rings. The first kappa shape index (κ1) is 10.8. The molecule has 0 radical (unpaired) electrons. The van der Waals surface area contributed by atoms with Crippen molar-refractivity contribution >= 4 is 23.0 Å². The van der Waals surface area contributed by atoms with Crippen LogP contribution in [0.4, 0.5) is 0 Å². The minimum absolute atomic E-state index is 0.592. The summed E-state index contributed by atoms with van der Waals surface area (Å²) in [4.78, 5) is 0. The summed E-state index contributed by atoms with van der Waals surface area (Å²) in [5.74, 6) is 0.592. The van der Waals surface area contributed by atoms with Crippen LogP contribution < -0.4 is 0 Å². The third-order valence-corrected chi connectivity index (χ3v) is 3.99. The molecule has 0 aliphatic carbocycles. The van der Waals surface area contributed by atoms with Crippen molar-refractivity contribution in [2.75, 3.05) is 0 Å². The molecule has 2 rings (SSSR count). The minimum atomic E-state index is 0.592. The summed E-state index contributed by atoms with van der Waals surface area (Å²) in [7, 11) is 0. The van der Waals surface area contributed by atoms with E-state index in [-0.39, 0.29) is 0 Å². The first-order valence-electron chi connectivity index (χ1n) is 5.22. The summed E-state index contributed by atoms with van der Waals surface area (Å²) in [5, 5.41) is 0. The van der Waals surface area contributed by atoms with Crippen molar-refractivity contribution in [2.24, 2.45) is 0 Å². The van der Waals surface area contributed by atoms with Crippen LogP contribution in [0.5, 0.6) is 0 Å². The Morgan fingerprint density at radius 2 is 1.13 bits per heavy atom. The molecule has 0 bridgehead atoms. The summed E-state index contributed by atoms with van der Waals surface area (Å²) < 4.78 is 1.28. The number of hydrogen-bond donors (Lipinski definition) is 0. The van der Waals surface area contributed by atoms with Gasteiger partial charge >= 0.3 is 105 Å². The second-order valence-electron chi connectivity index (χ2n) is 3.61. The fraction of sp³-hybridized carbons (Fsp3) is 0.143. The van der Waals surface area contributed by atoms with E-state index >= 15 is 0 Å². The van der Waals surface area contributed by atoms with Crippen LogP contribution in [0.3, 0.4) is 0 Å². The molecule has 0 N–H and O–H groups in total. The van der Waals surface area contributed by atoms with Crippen LogP contribution in [0.2, 0.25) is 4.37 Å². The van der Waals surface area contributed by atoms with Crippen molar-refractivity contribution in [3.63, 3.8) is 0 Å². The average molecular weight is 305 g/mol. The van der Waals surface area contributed by atoms with E-state index in [2.05, 4.69) is 60.7 Å². The van der Waals surface area contributed by atoms with Crippen LogP contribution in [0.1, 0.15) is 17.0 Å². The molecule has 0 aromatic heterocycles. The van der Waals surface area contributed by atoms with Crippen LogP contribution in [0, 0.1) is 0 Å². The molecular weight excluding hydrogens is 290 g/mol. The average Bonchev–Trinajstić information content (AvgIpc) is 2.33. The zero-order chi connectivity index (χ0) is 10.5. The Labute approximate surface area is 105 Å². The summed E-state index contributed by atoms with van der Waals surface area (Å²) in [6.45, 7) is 0. The first-order chi connectivity index (χ1) is 7.42. The van der Waals surface area contributed by atoms with Crippen molar-refractivity contribution in [1.82, 2.24) is 0 Å². The van der Waals surface area contributed by atoms with Gasteiger partial charge in [0.25, 0.3) is 0 Å². The van der Waals surface area contributed by atoms with Crippen molar-refractivity contribution in [1.29, 1.82) is 0 Å². The van der Waals surface area contributed by atoms with Gasteiger partial charge in [-0.15, -0.1) is 0 Å². The van der Waals surface area contributed by atoms with Gasteiger partial charge in [0.2, 0.25) is 0 Å². The first-order valence-corrected chi connectivity index (χ1v) is 7.55. The van der Waals surface area contributed by atoms with Gasteiger partial charge in [-0.3, -0.25) is 0 Å². The molecule has 0 fully saturated rings. The van der Waals surface area contributed by atoms with Gasteiger partial charge in [0.05, 0.1) is 0 Å². The molecular formula is C14H15Sb. The zero-order valence-electron chi connectivity index (χ0n) is 8.64. The summed E-state index contributed by atoms with van der Waals surface area (Å²) in [6, 6.07) is 21.6. The predicted octanol–water partition coefficient (Wildman–Crippen LogP) is 2.87. The van der Waals surface area contributed by atoms with E-state index in [9.17, 15) is 0 Å². The molecule has 0 unspecified atom stereocenters. The van der Waals surface area contributed by atoms with Crippen LogP contribution in [0.25, 0.3) is 0 Å². The van der Waals surface area contributed by atoms with Crippen molar-refractivity contribution in [3.8, 4) is 0 Å². The molecule has 0 heterocycles. The Bertz CT molecular complexity index is 355. The van der Waals surface area contributed by atoms with Crippen molar-refractivity contribution in [3.05, 3.63) is 71.8 Å². The van der Waals surface area contributed by atoms with E-state index in [0.717, 1.165) is 0 Å². The molecule has 2 aromatic carbocycles. The monoisotopic (exact) mass is 304 g/mol. The topological polar surface area (TPSA) is 0 Å². The normalized spacial score (nSPS) is 10.5. The van der Waals surface area contributed by atoms with Crippen LogP contribution in [-0.2, 0) is 0 Å². The SMILES string of the molecule is [SbH2][CH2]C(c1ccccc1)c1ccccc1. The Balaban J connectivity index is 2.34. The molecule has 76 valence electrons. The van der Waals surface area contributed by atoms with E-state index < -0.39 is 0 Å². The quantitative estimate of drug-likeness (QED) is 0.765. The van der Waals surface area contributed by atoms with Gasteiger partial charge in [-0.25, -0.2) is 0 Å². The van der Waals surface area contributed by atoms with E-state index in [4.69, 9.17) is 0 Å². The van der Waals surface area contributed by atoms with Gasteiger partial charge in [0.1, 0.15) is 0 Å². The van der Waals surface area contributed by atoms with Crippen molar-refractivity contribution < 1.29 is 0 Å². The molecule has 1 heteroatoms. The predicted molar refractivity (Wildman–Crippen MR) is 68.1 cm³/mol. The molecule has 0 saturated carbocycles. The third kappa shape index (κ3) is 2.63. The number of hydrogen-bond acceptors (Lipinski definition) is 0. The molecule has 2 aromatic rings. The number of rotatable bonds is 3. The zero-order valence-corrected chi connectivity index (χ0v) is 11.9. The van der Waals surface area contributed by atoms with Crippen LogP contribution >= 0.6 is 0 Å². The number of benzene rings is 2. The molecule has 0 aliphatic heterocycles. The summed E-state index contributed by atoms with van der Waals surface area (Å²) in [5.41, 5.74) is 2.88. The second-order valence-corrected chi connectivity index (χ2v) is 4.96. The van der Waals surface area contributed by atoms with Crippen molar-refractivity contribution in [2.45, 2.75) is 10.3 Å². The Morgan fingerprint density at radius 3 is 1.47 bits per heavy atom. The van der Waals surface area contributed by atoms with E-state index in [1.807, 2.05) is 0 Å². The fourth-order valence-electron chi connectivity index (χ4n) is 1.84. The van der Waals surface area contributed by atoms with Gasteiger partial charge in [-0.2, -0.15) is 0 Å². The van der Waals surface area contributed by atoms with Gasteiger partial charge in [0.15, 0.2) is 0 Å². The fourth-order valence-corrected chi connectivity index (χ4v) is 3.39. The molecule has 15 heavy (non-hydrogen) atoms. The van der Waals surface area contributed by atoms with Gasteiger partial charge in [0, 0.05) is 0 Å². The standard InChI is InChI=1S/C14H13.Sb.2H/c1-12(13-8-4-2-5-9-13)14-10-6-3-7-11-14;;;/h2-12H,1H2;;;. The molecule has 0 atom stereocenters. The van der Waals surface area contributed by atoms with Gasteiger partial charge < -0.3 is 0 Å². The van der Waals surface area contributed by atoms with E-state index in [1.165, 1.54) is 38.5 Å². The second kappa shape index (κ2) is 5.37. The van der Waals surface area contributed by atoms with E-state index in [0.29, 0.717) is 5.92 Å². The van der Waals surface area contributed by atoms with E-state index in [1.54, 1.807) is 0 Å². The Hall–Kier alpha value is -0.742. The Kier molecular flexibility index (Phi) is 3.86. The maximum atomic E-state index is 2.23. The molecule has 0 nitrogen and oxygen atoms in total. The van der Waals surface area contributed by atoms with Gasteiger partial charge in [-0.05, 0) is 0 Å². The molecule has 0 saturated heterocycles.